The molecule has 0 fully saturated rings. The topological polar surface area (TPSA) is 30.0 Å². The molecule has 1 aromatic heterocycles. The number of nitrogens with zero attached hydrogens (tertiary/aromatic N) is 1. The van der Waals surface area contributed by atoms with E-state index in [1.165, 1.54) is 0 Å². The van der Waals surface area contributed by atoms with E-state index in [2.05, 4.69) is 20.9 Å². The SMILES string of the molecule is O=C(Cl)c1ccc(C(F)(F)F)cc1Br.c1ccncc1. The summed E-state index contributed by atoms with van der Waals surface area (Å²) in [5, 5.41) is -0.800. The van der Waals surface area contributed by atoms with Crippen LogP contribution in [0.5, 0.6) is 0 Å². The maximum Gasteiger partial charge on any atom is 0.416 e. The van der Waals surface area contributed by atoms with Crippen LogP contribution in [0.25, 0.3) is 0 Å². The first-order valence-electron chi connectivity index (χ1n) is 5.24. The van der Waals surface area contributed by atoms with Crippen LogP contribution in [0.1, 0.15) is 15.9 Å². The maximum absolute atomic E-state index is 12.2. The van der Waals surface area contributed by atoms with Crippen molar-refractivity contribution in [1.29, 1.82) is 0 Å². The summed E-state index contributed by atoms with van der Waals surface area (Å²) in [5.41, 5.74) is -0.814. The van der Waals surface area contributed by atoms with Gasteiger partial charge in [0.2, 0.25) is 0 Å². The Balaban J connectivity index is 0.000000276. The van der Waals surface area contributed by atoms with Crippen molar-refractivity contribution in [3.05, 3.63) is 64.4 Å². The highest BCUT2D eigenvalue weighted by atomic mass is 79.9. The second-order valence-electron chi connectivity index (χ2n) is 3.49. The van der Waals surface area contributed by atoms with Gasteiger partial charge in [0.15, 0.2) is 0 Å². The molecule has 20 heavy (non-hydrogen) atoms. The number of benzene rings is 1. The molecule has 0 amide bonds. The van der Waals surface area contributed by atoms with E-state index in [0.29, 0.717) is 0 Å². The molecule has 0 saturated carbocycles. The highest BCUT2D eigenvalue weighted by Crippen LogP contribution is 2.32. The van der Waals surface area contributed by atoms with E-state index in [4.69, 9.17) is 11.6 Å². The number of halogens is 5. The van der Waals surface area contributed by atoms with Gasteiger partial charge in [-0.05, 0) is 57.9 Å². The van der Waals surface area contributed by atoms with E-state index < -0.39 is 17.0 Å². The lowest BCUT2D eigenvalue weighted by Gasteiger charge is -2.07. The minimum atomic E-state index is -4.42. The summed E-state index contributed by atoms with van der Waals surface area (Å²) in [6.45, 7) is 0. The number of aromatic nitrogens is 1. The molecule has 0 radical (unpaired) electrons. The molecule has 2 aromatic rings. The third kappa shape index (κ3) is 5.30. The predicted molar refractivity (Wildman–Crippen MR) is 73.6 cm³/mol. The van der Waals surface area contributed by atoms with Crippen molar-refractivity contribution < 1.29 is 18.0 Å². The van der Waals surface area contributed by atoms with Gasteiger partial charge in [-0.2, -0.15) is 13.2 Å². The van der Waals surface area contributed by atoms with Crippen molar-refractivity contribution in [1.82, 2.24) is 4.98 Å². The van der Waals surface area contributed by atoms with Crippen molar-refractivity contribution in [2.24, 2.45) is 0 Å². The lowest BCUT2D eigenvalue weighted by molar-refractivity contribution is -0.137. The van der Waals surface area contributed by atoms with Crippen LogP contribution in [0.2, 0.25) is 0 Å². The minimum absolute atomic E-state index is 0.0136. The first kappa shape index (κ1) is 16.7. The number of alkyl halides is 3. The van der Waals surface area contributed by atoms with Gasteiger partial charge < -0.3 is 0 Å². The van der Waals surface area contributed by atoms with Crippen LogP contribution in [-0.4, -0.2) is 10.2 Å². The zero-order valence-electron chi connectivity index (χ0n) is 9.86. The van der Waals surface area contributed by atoms with Gasteiger partial charge in [-0.15, -0.1) is 0 Å². The average Bonchev–Trinajstić information content (AvgIpc) is 2.40. The second-order valence-corrected chi connectivity index (χ2v) is 4.69. The number of hydrogen-bond acceptors (Lipinski definition) is 2. The summed E-state index contributed by atoms with van der Waals surface area (Å²) >= 11 is 7.96. The van der Waals surface area contributed by atoms with Crippen molar-refractivity contribution in [2.75, 3.05) is 0 Å². The standard InChI is InChI=1S/C8H3BrClF3O.C5H5N/c9-6-3-4(8(11,12)13)1-2-5(6)7(10)14;1-2-4-6-5-3-1/h1-3H;1-5H. The molecular formula is C13H8BrClF3NO. The van der Waals surface area contributed by atoms with Gasteiger partial charge in [-0.3, -0.25) is 9.78 Å². The molecule has 0 unspecified atom stereocenters. The molecule has 2 nitrogen and oxygen atoms in total. The molecule has 0 bridgehead atoms. The Bertz CT molecular complexity index is 549. The number of carbonyl (C=O) groups is 1. The first-order chi connectivity index (χ1) is 9.32. The summed E-state index contributed by atoms with van der Waals surface area (Å²) in [7, 11) is 0. The van der Waals surface area contributed by atoms with Crippen LogP contribution >= 0.6 is 27.5 Å². The van der Waals surface area contributed by atoms with E-state index >= 15 is 0 Å². The molecule has 0 saturated heterocycles. The largest absolute Gasteiger partial charge is 0.416 e. The summed E-state index contributed by atoms with van der Waals surface area (Å²) in [5.74, 6) is 0. The van der Waals surface area contributed by atoms with Crippen LogP contribution in [0, 0.1) is 0 Å². The number of carbonyl (C=O) groups excluding carboxylic acids is 1. The fraction of sp³-hybridized carbons (Fsp3) is 0.0769. The second kappa shape index (κ2) is 7.40. The average molecular weight is 367 g/mol. The number of hydrogen-bond donors (Lipinski definition) is 0. The minimum Gasteiger partial charge on any atom is -0.276 e. The van der Waals surface area contributed by atoms with Gasteiger partial charge in [-0.25, -0.2) is 0 Å². The summed E-state index contributed by atoms with van der Waals surface area (Å²) < 4.78 is 36.5. The Morgan fingerprint density at radius 2 is 1.75 bits per heavy atom. The molecule has 0 aliphatic heterocycles. The number of pyridine rings is 1. The summed E-state index contributed by atoms with van der Waals surface area (Å²) in [4.78, 5) is 14.5. The van der Waals surface area contributed by atoms with E-state index in [1.807, 2.05) is 18.2 Å². The molecule has 0 spiro atoms. The van der Waals surface area contributed by atoms with Crippen LogP contribution in [0.4, 0.5) is 13.2 Å². The van der Waals surface area contributed by atoms with E-state index in [9.17, 15) is 18.0 Å². The van der Waals surface area contributed by atoms with Gasteiger partial charge in [-0.1, -0.05) is 6.07 Å². The molecule has 2 rings (SSSR count). The van der Waals surface area contributed by atoms with Crippen molar-refractivity contribution in [2.45, 2.75) is 6.18 Å². The van der Waals surface area contributed by atoms with Gasteiger partial charge >= 0.3 is 6.18 Å². The Hall–Kier alpha value is -1.40. The van der Waals surface area contributed by atoms with Gasteiger partial charge in [0.1, 0.15) is 0 Å². The Labute approximate surface area is 126 Å². The molecule has 0 N–H and O–H groups in total. The Morgan fingerprint density at radius 3 is 2.05 bits per heavy atom. The Kier molecular flexibility index (Phi) is 6.16. The predicted octanol–water partition coefficient (Wildman–Crippen LogP) is 4.93. The molecule has 0 aliphatic rings. The van der Waals surface area contributed by atoms with E-state index in [-0.39, 0.29) is 10.0 Å². The van der Waals surface area contributed by atoms with Crippen LogP contribution < -0.4 is 0 Å². The fourth-order valence-corrected chi connectivity index (χ4v) is 2.00. The van der Waals surface area contributed by atoms with Gasteiger partial charge in [0, 0.05) is 22.4 Å². The number of rotatable bonds is 1. The highest BCUT2D eigenvalue weighted by molar-refractivity contribution is 9.10. The van der Waals surface area contributed by atoms with Gasteiger partial charge in [0.25, 0.3) is 5.24 Å². The molecule has 0 aliphatic carbocycles. The highest BCUT2D eigenvalue weighted by Gasteiger charge is 2.31. The Morgan fingerprint density at radius 1 is 1.15 bits per heavy atom. The van der Waals surface area contributed by atoms with Crippen LogP contribution in [0.15, 0.2) is 53.3 Å². The lowest BCUT2D eigenvalue weighted by atomic mass is 10.1. The lowest BCUT2D eigenvalue weighted by Crippen LogP contribution is -2.05. The van der Waals surface area contributed by atoms with Crippen molar-refractivity contribution in [3.8, 4) is 0 Å². The quantitative estimate of drug-likeness (QED) is 0.670. The summed E-state index contributed by atoms with van der Waals surface area (Å²) in [6.07, 6.45) is -0.920. The zero-order chi connectivity index (χ0) is 15.2. The summed E-state index contributed by atoms with van der Waals surface area (Å²) in [6, 6.07) is 8.37. The third-order valence-electron chi connectivity index (χ3n) is 2.07. The zero-order valence-corrected chi connectivity index (χ0v) is 12.2. The molecule has 7 heteroatoms. The van der Waals surface area contributed by atoms with Crippen LogP contribution in [0.3, 0.4) is 0 Å². The smallest absolute Gasteiger partial charge is 0.276 e. The normalized spacial score (nSPS) is 10.4. The first-order valence-corrected chi connectivity index (χ1v) is 6.41. The van der Waals surface area contributed by atoms with Crippen LogP contribution in [-0.2, 0) is 6.18 Å². The van der Waals surface area contributed by atoms with E-state index in [0.717, 1.165) is 18.2 Å². The third-order valence-corrected chi connectivity index (χ3v) is 2.93. The molecule has 106 valence electrons. The van der Waals surface area contributed by atoms with E-state index in [1.54, 1.807) is 12.4 Å². The fourth-order valence-electron chi connectivity index (χ4n) is 1.16. The van der Waals surface area contributed by atoms with Gasteiger partial charge in [0.05, 0.1) is 5.56 Å². The molecule has 1 aromatic carbocycles. The molecular weight excluding hydrogens is 359 g/mol. The van der Waals surface area contributed by atoms with Crippen molar-refractivity contribution in [3.63, 3.8) is 0 Å². The van der Waals surface area contributed by atoms with Crippen molar-refractivity contribution >= 4 is 32.8 Å². The monoisotopic (exact) mass is 365 g/mol. The molecule has 0 atom stereocenters. The molecule has 1 heterocycles. The maximum atomic E-state index is 12.2.